The van der Waals surface area contributed by atoms with Crippen LogP contribution in [0.25, 0.3) is 0 Å². The standard InChI is InChI=1S/C23H17BrClN3O4/c24-20-4-2-1-3-19(20)23(31)32-18-11-5-15(6-12-18)13-27-28-21(29)14-26-22(30)16-7-9-17(25)10-8-16/h1-13H,14H2,(H,26,30)(H,28,29). The molecule has 0 saturated carbocycles. The van der Waals surface area contributed by atoms with E-state index in [0.717, 1.165) is 0 Å². The predicted molar refractivity (Wildman–Crippen MR) is 125 cm³/mol. The van der Waals surface area contributed by atoms with Crippen molar-refractivity contribution in [3.8, 4) is 5.75 Å². The van der Waals surface area contributed by atoms with Crippen molar-refractivity contribution >= 4 is 51.5 Å². The minimum Gasteiger partial charge on any atom is -0.423 e. The van der Waals surface area contributed by atoms with E-state index in [1.54, 1.807) is 72.8 Å². The Morgan fingerprint density at radius 3 is 2.34 bits per heavy atom. The van der Waals surface area contributed by atoms with Crippen LogP contribution in [0.4, 0.5) is 0 Å². The largest absolute Gasteiger partial charge is 0.423 e. The summed E-state index contributed by atoms with van der Waals surface area (Å²) in [5, 5.41) is 6.85. The molecular formula is C23H17BrClN3O4. The van der Waals surface area contributed by atoms with Crippen molar-refractivity contribution in [3.63, 3.8) is 0 Å². The molecule has 0 aliphatic rings. The van der Waals surface area contributed by atoms with E-state index in [4.69, 9.17) is 16.3 Å². The second-order valence-corrected chi connectivity index (χ2v) is 7.71. The monoisotopic (exact) mass is 513 g/mol. The minimum absolute atomic E-state index is 0.233. The molecule has 0 aliphatic carbocycles. The summed E-state index contributed by atoms with van der Waals surface area (Å²) in [5.74, 6) is -0.986. The van der Waals surface area contributed by atoms with Crippen LogP contribution >= 0.6 is 27.5 Å². The zero-order valence-corrected chi connectivity index (χ0v) is 18.9. The normalized spacial score (nSPS) is 10.6. The Morgan fingerprint density at radius 2 is 1.66 bits per heavy atom. The van der Waals surface area contributed by atoms with E-state index >= 15 is 0 Å². The van der Waals surface area contributed by atoms with Crippen LogP contribution in [0.3, 0.4) is 0 Å². The molecule has 0 spiro atoms. The van der Waals surface area contributed by atoms with Crippen molar-refractivity contribution in [1.29, 1.82) is 0 Å². The van der Waals surface area contributed by atoms with Crippen molar-refractivity contribution in [1.82, 2.24) is 10.7 Å². The first kappa shape index (κ1) is 23.2. The van der Waals surface area contributed by atoms with Gasteiger partial charge in [-0.3, -0.25) is 9.59 Å². The van der Waals surface area contributed by atoms with Crippen LogP contribution in [0.5, 0.6) is 5.75 Å². The molecule has 162 valence electrons. The van der Waals surface area contributed by atoms with Crippen LogP contribution in [0, 0.1) is 0 Å². The first-order chi connectivity index (χ1) is 15.4. The molecule has 2 N–H and O–H groups in total. The maximum atomic E-state index is 12.2. The number of nitrogens with zero attached hydrogens (tertiary/aromatic N) is 1. The number of rotatable bonds is 7. The molecule has 3 aromatic carbocycles. The van der Waals surface area contributed by atoms with Crippen molar-refractivity contribution in [3.05, 3.63) is 99.0 Å². The minimum atomic E-state index is -0.484. The van der Waals surface area contributed by atoms with Gasteiger partial charge < -0.3 is 10.1 Å². The highest BCUT2D eigenvalue weighted by Crippen LogP contribution is 2.19. The van der Waals surface area contributed by atoms with E-state index in [1.807, 2.05) is 0 Å². The van der Waals surface area contributed by atoms with E-state index in [2.05, 4.69) is 31.8 Å². The van der Waals surface area contributed by atoms with Crippen LogP contribution in [0.1, 0.15) is 26.3 Å². The van der Waals surface area contributed by atoms with E-state index in [0.29, 0.717) is 31.9 Å². The van der Waals surface area contributed by atoms with E-state index in [9.17, 15) is 14.4 Å². The third-order valence-electron chi connectivity index (χ3n) is 4.10. The zero-order valence-electron chi connectivity index (χ0n) is 16.5. The highest BCUT2D eigenvalue weighted by molar-refractivity contribution is 9.10. The fourth-order valence-electron chi connectivity index (χ4n) is 2.49. The van der Waals surface area contributed by atoms with Crippen molar-refractivity contribution in [2.45, 2.75) is 0 Å². The molecule has 0 heterocycles. The molecule has 0 bridgehead atoms. The number of amides is 2. The van der Waals surface area contributed by atoms with Crippen LogP contribution in [-0.4, -0.2) is 30.5 Å². The number of benzene rings is 3. The fourth-order valence-corrected chi connectivity index (χ4v) is 3.07. The fraction of sp³-hybridized carbons (Fsp3) is 0.0435. The number of hydrogen-bond acceptors (Lipinski definition) is 5. The van der Waals surface area contributed by atoms with Gasteiger partial charge in [-0.25, -0.2) is 10.2 Å². The van der Waals surface area contributed by atoms with Gasteiger partial charge in [-0.2, -0.15) is 5.10 Å². The molecule has 3 aromatic rings. The van der Waals surface area contributed by atoms with Gasteiger partial charge in [0, 0.05) is 15.1 Å². The number of esters is 1. The van der Waals surface area contributed by atoms with Gasteiger partial charge in [0.2, 0.25) is 0 Å². The van der Waals surface area contributed by atoms with E-state index < -0.39 is 17.8 Å². The lowest BCUT2D eigenvalue weighted by Crippen LogP contribution is -2.34. The van der Waals surface area contributed by atoms with Crippen LogP contribution in [0.15, 0.2) is 82.4 Å². The van der Waals surface area contributed by atoms with Gasteiger partial charge in [-0.15, -0.1) is 0 Å². The third-order valence-corrected chi connectivity index (χ3v) is 5.05. The van der Waals surface area contributed by atoms with Crippen LogP contribution in [0.2, 0.25) is 5.02 Å². The lowest BCUT2D eigenvalue weighted by Gasteiger charge is -2.06. The van der Waals surface area contributed by atoms with E-state index in [-0.39, 0.29) is 6.54 Å². The number of ether oxygens (including phenoxy) is 1. The second kappa shape index (κ2) is 11.2. The smallest absolute Gasteiger partial charge is 0.344 e. The SMILES string of the molecule is O=C(CNC(=O)c1ccc(Cl)cc1)NN=Cc1ccc(OC(=O)c2ccccc2Br)cc1. The summed E-state index contributed by atoms with van der Waals surface area (Å²) in [6, 6.07) is 19.9. The van der Waals surface area contributed by atoms with Gasteiger partial charge in [0.15, 0.2) is 0 Å². The number of hydrogen-bond donors (Lipinski definition) is 2. The molecule has 7 nitrogen and oxygen atoms in total. The summed E-state index contributed by atoms with van der Waals surface area (Å²) in [7, 11) is 0. The van der Waals surface area contributed by atoms with Gasteiger partial charge >= 0.3 is 5.97 Å². The number of nitrogens with one attached hydrogen (secondary N) is 2. The van der Waals surface area contributed by atoms with Gasteiger partial charge in [-0.05, 0) is 82.2 Å². The van der Waals surface area contributed by atoms with Crippen molar-refractivity contribution < 1.29 is 19.1 Å². The molecule has 0 fully saturated rings. The van der Waals surface area contributed by atoms with Crippen LogP contribution < -0.4 is 15.5 Å². The molecule has 0 unspecified atom stereocenters. The van der Waals surface area contributed by atoms with Crippen molar-refractivity contribution in [2.75, 3.05) is 6.54 Å². The van der Waals surface area contributed by atoms with Gasteiger partial charge in [0.25, 0.3) is 11.8 Å². The third kappa shape index (κ3) is 6.76. The highest BCUT2D eigenvalue weighted by Gasteiger charge is 2.11. The average molecular weight is 515 g/mol. The predicted octanol–water partition coefficient (Wildman–Crippen LogP) is 4.20. The molecule has 3 rings (SSSR count). The summed E-state index contributed by atoms with van der Waals surface area (Å²) in [5.41, 5.74) is 3.82. The first-order valence-electron chi connectivity index (χ1n) is 9.35. The summed E-state index contributed by atoms with van der Waals surface area (Å²) < 4.78 is 5.99. The maximum Gasteiger partial charge on any atom is 0.344 e. The van der Waals surface area contributed by atoms with Gasteiger partial charge in [0.05, 0.1) is 18.3 Å². The Labute approximate surface area is 197 Å². The maximum absolute atomic E-state index is 12.2. The summed E-state index contributed by atoms with van der Waals surface area (Å²) in [4.78, 5) is 36.0. The number of carbonyl (C=O) groups is 3. The summed E-state index contributed by atoms with van der Waals surface area (Å²) in [6.45, 7) is -0.233. The van der Waals surface area contributed by atoms with Crippen molar-refractivity contribution in [2.24, 2.45) is 5.10 Å². The molecular weight excluding hydrogens is 498 g/mol. The second-order valence-electron chi connectivity index (χ2n) is 6.42. The Hall–Kier alpha value is -3.49. The van der Waals surface area contributed by atoms with Gasteiger partial charge in [0.1, 0.15) is 5.75 Å². The van der Waals surface area contributed by atoms with E-state index in [1.165, 1.54) is 6.21 Å². The summed E-state index contributed by atoms with van der Waals surface area (Å²) >= 11 is 9.09. The average Bonchev–Trinajstić information content (AvgIpc) is 2.79. The Kier molecular flexibility index (Phi) is 8.13. The Morgan fingerprint density at radius 1 is 0.969 bits per heavy atom. The molecule has 0 saturated heterocycles. The zero-order chi connectivity index (χ0) is 22.9. The molecule has 0 aliphatic heterocycles. The first-order valence-corrected chi connectivity index (χ1v) is 10.5. The Bertz CT molecular complexity index is 1150. The van der Waals surface area contributed by atoms with Gasteiger partial charge in [-0.1, -0.05) is 23.7 Å². The topological polar surface area (TPSA) is 96.9 Å². The molecule has 9 heteroatoms. The highest BCUT2D eigenvalue weighted by atomic mass is 79.9. The van der Waals surface area contributed by atoms with Crippen LogP contribution in [-0.2, 0) is 4.79 Å². The number of carbonyl (C=O) groups excluding carboxylic acids is 3. The molecule has 0 atom stereocenters. The molecule has 0 aromatic heterocycles. The summed E-state index contributed by atoms with van der Waals surface area (Å²) in [6.07, 6.45) is 1.43. The number of halogens is 2. The lowest BCUT2D eigenvalue weighted by atomic mass is 10.2. The number of hydrazone groups is 1. The molecule has 2 amide bonds. The quantitative estimate of drug-likeness (QED) is 0.214. The molecule has 0 radical (unpaired) electrons. The molecule has 32 heavy (non-hydrogen) atoms. The lowest BCUT2D eigenvalue weighted by molar-refractivity contribution is -0.120. The Balaban J connectivity index is 1.45.